The van der Waals surface area contributed by atoms with Gasteiger partial charge in [-0.25, -0.2) is 17.9 Å². The zero-order chi connectivity index (χ0) is 19.0. The fourth-order valence-corrected chi connectivity index (χ4v) is 3.78. The third-order valence-electron chi connectivity index (χ3n) is 3.83. The number of benzene rings is 1. The zero-order valence-electron chi connectivity index (χ0n) is 14.6. The number of rotatable bonds is 9. The minimum absolute atomic E-state index is 0.0410. The van der Waals surface area contributed by atoms with Crippen molar-refractivity contribution in [2.24, 2.45) is 0 Å². The molecular formula is C16H23ClN2O6S. The summed E-state index contributed by atoms with van der Waals surface area (Å²) in [5.74, 6) is -0.344. The monoisotopic (exact) mass is 406 g/mol. The molecule has 10 heteroatoms. The van der Waals surface area contributed by atoms with Gasteiger partial charge in [0, 0.05) is 19.6 Å². The van der Waals surface area contributed by atoms with Gasteiger partial charge >= 0.3 is 5.97 Å². The van der Waals surface area contributed by atoms with Gasteiger partial charge in [-0.1, -0.05) is 11.6 Å². The Morgan fingerprint density at radius 3 is 2.73 bits per heavy atom. The van der Waals surface area contributed by atoms with Crippen LogP contribution in [0.5, 0.6) is 5.75 Å². The second-order valence-corrected chi connectivity index (χ2v) is 7.84. The van der Waals surface area contributed by atoms with Crippen LogP contribution in [0.1, 0.15) is 6.42 Å². The first-order valence-electron chi connectivity index (χ1n) is 8.21. The average molecular weight is 407 g/mol. The van der Waals surface area contributed by atoms with Gasteiger partial charge in [0.2, 0.25) is 10.0 Å². The Morgan fingerprint density at radius 2 is 2.08 bits per heavy atom. The molecule has 0 spiro atoms. The summed E-state index contributed by atoms with van der Waals surface area (Å²) in [5, 5.41) is 0.102. The van der Waals surface area contributed by atoms with E-state index in [1.165, 1.54) is 25.3 Å². The fraction of sp³-hybridized carbons (Fsp3) is 0.562. The summed E-state index contributed by atoms with van der Waals surface area (Å²) in [6.07, 6.45) is 0.702. The molecule has 1 heterocycles. The van der Waals surface area contributed by atoms with Gasteiger partial charge in [0.25, 0.3) is 0 Å². The third kappa shape index (κ3) is 6.40. The summed E-state index contributed by atoms with van der Waals surface area (Å²) >= 11 is 6.04. The van der Waals surface area contributed by atoms with Crippen molar-refractivity contribution >= 4 is 27.6 Å². The van der Waals surface area contributed by atoms with E-state index >= 15 is 0 Å². The van der Waals surface area contributed by atoms with E-state index < -0.39 is 16.0 Å². The van der Waals surface area contributed by atoms with Crippen LogP contribution < -0.4 is 9.46 Å². The topological polar surface area (TPSA) is 94.2 Å². The van der Waals surface area contributed by atoms with E-state index in [4.69, 9.17) is 21.1 Å². The first-order valence-corrected chi connectivity index (χ1v) is 10.1. The molecule has 0 saturated carbocycles. The Balaban J connectivity index is 1.85. The van der Waals surface area contributed by atoms with Crippen molar-refractivity contribution < 1.29 is 27.4 Å². The number of ether oxygens (including phenoxy) is 3. The number of carbonyl (C=O) groups is 1. The van der Waals surface area contributed by atoms with Crippen molar-refractivity contribution in [2.75, 3.05) is 53.1 Å². The van der Waals surface area contributed by atoms with Gasteiger partial charge in [0.05, 0.1) is 30.2 Å². The molecule has 1 aromatic carbocycles. The van der Waals surface area contributed by atoms with Crippen LogP contribution in [0.15, 0.2) is 23.1 Å². The second kappa shape index (κ2) is 10.1. The van der Waals surface area contributed by atoms with Gasteiger partial charge in [0.1, 0.15) is 5.75 Å². The molecule has 1 aliphatic heterocycles. The summed E-state index contributed by atoms with van der Waals surface area (Å²) in [7, 11) is -2.42. The number of esters is 1. The number of halogens is 1. The molecular weight excluding hydrogens is 384 g/mol. The van der Waals surface area contributed by atoms with Gasteiger partial charge in [-0.15, -0.1) is 0 Å². The molecule has 1 fully saturated rings. The molecule has 1 aromatic rings. The number of hydrogen-bond acceptors (Lipinski definition) is 7. The average Bonchev–Trinajstić information content (AvgIpc) is 2.64. The van der Waals surface area contributed by atoms with Crippen LogP contribution in [-0.2, 0) is 24.3 Å². The first-order chi connectivity index (χ1) is 12.4. The number of nitrogens with zero attached hydrogens (tertiary/aromatic N) is 1. The molecule has 0 bridgehead atoms. The van der Waals surface area contributed by atoms with Gasteiger partial charge in [0.15, 0.2) is 6.61 Å². The van der Waals surface area contributed by atoms with Crippen molar-refractivity contribution in [3.63, 3.8) is 0 Å². The van der Waals surface area contributed by atoms with E-state index in [9.17, 15) is 13.2 Å². The van der Waals surface area contributed by atoms with E-state index in [1.54, 1.807) is 0 Å². The van der Waals surface area contributed by atoms with Crippen molar-refractivity contribution in [1.82, 2.24) is 9.62 Å². The predicted octanol–water partition coefficient (Wildman–Crippen LogP) is 0.892. The largest absolute Gasteiger partial charge is 0.480 e. The molecule has 1 aliphatic rings. The normalized spacial score (nSPS) is 15.6. The number of carbonyl (C=O) groups excluding carboxylic acids is 1. The Kier molecular flexibility index (Phi) is 8.11. The number of nitrogens with one attached hydrogen (secondary N) is 1. The van der Waals surface area contributed by atoms with E-state index in [2.05, 4.69) is 14.4 Å². The SMILES string of the molecule is COC(=O)COc1ccc(S(=O)(=O)NCCCN2CCOCC2)cc1Cl. The number of sulfonamides is 1. The van der Waals surface area contributed by atoms with Crippen LogP contribution in [0.4, 0.5) is 0 Å². The van der Waals surface area contributed by atoms with Crippen molar-refractivity contribution in [2.45, 2.75) is 11.3 Å². The maximum absolute atomic E-state index is 12.3. The number of morpholine rings is 1. The third-order valence-corrected chi connectivity index (χ3v) is 5.59. The Bertz CT molecular complexity index is 707. The first kappa shape index (κ1) is 20.9. The molecule has 26 heavy (non-hydrogen) atoms. The van der Waals surface area contributed by atoms with Crippen molar-refractivity contribution in [3.05, 3.63) is 23.2 Å². The summed E-state index contributed by atoms with van der Waals surface area (Å²) in [4.78, 5) is 13.4. The molecule has 0 aromatic heterocycles. The highest BCUT2D eigenvalue weighted by Gasteiger charge is 2.17. The quantitative estimate of drug-likeness (QED) is 0.480. The number of methoxy groups -OCH3 is 1. The van der Waals surface area contributed by atoms with Gasteiger partial charge < -0.3 is 14.2 Å². The second-order valence-electron chi connectivity index (χ2n) is 5.66. The lowest BCUT2D eigenvalue weighted by Gasteiger charge is -2.26. The van der Waals surface area contributed by atoms with E-state index in [1.807, 2.05) is 0 Å². The van der Waals surface area contributed by atoms with Crippen LogP contribution in [-0.4, -0.2) is 72.4 Å². The Morgan fingerprint density at radius 1 is 1.35 bits per heavy atom. The van der Waals surface area contributed by atoms with Crippen LogP contribution >= 0.6 is 11.6 Å². The molecule has 0 amide bonds. The van der Waals surface area contributed by atoms with Gasteiger partial charge in [-0.2, -0.15) is 0 Å². The van der Waals surface area contributed by atoms with E-state index in [0.29, 0.717) is 26.2 Å². The standard InChI is InChI=1S/C16H23ClN2O6S/c1-23-16(20)12-25-15-4-3-13(11-14(15)17)26(21,22)18-5-2-6-19-7-9-24-10-8-19/h3-4,11,18H,2,5-10,12H2,1H3. The predicted molar refractivity (Wildman–Crippen MR) is 96.0 cm³/mol. The maximum atomic E-state index is 12.3. The van der Waals surface area contributed by atoms with E-state index in [-0.39, 0.29) is 22.3 Å². The molecule has 0 aliphatic carbocycles. The van der Waals surface area contributed by atoms with E-state index in [0.717, 1.165) is 19.6 Å². The summed E-state index contributed by atoms with van der Waals surface area (Å²) < 4.78 is 42.2. The van der Waals surface area contributed by atoms with Gasteiger partial charge in [-0.3, -0.25) is 4.90 Å². The lowest BCUT2D eigenvalue weighted by Crippen LogP contribution is -2.38. The van der Waals surface area contributed by atoms with Gasteiger partial charge in [-0.05, 0) is 31.2 Å². The van der Waals surface area contributed by atoms with Crippen molar-refractivity contribution in [3.8, 4) is 5.75 Å². The minimum Gasteiger partial charge on any atom is -0.480 e. The van der Waals surface area contributed by atoms with Crippen LogP contribution in [0, 0.1) is 0 Å². The Hall–Kier alpha value is -1.39. The molecule has 8 nitrogen and oxygen atoms in total. The summed E-state index contributed by atoms with van der Waals surface area (Å²) in [6.45, 7) is 4.01. The molecule has 1 N–H and O–H groups in total. The van der Waals surface area contributed by atoms with Crippen LogP contribution in [0.2, 0.25) is 5.02 Å². The molecule has 0 unspecified atom stereocenters. The maximum Gasteiger partial charge on any atom is 0.343 e. The van der Waals surface area contributed by atoms with Crippen molar-refractivity contribution in [1.29, 1.82) is 0 Å². The highest BCUT2D eigenvalue weighted by molar-refractivity contribution is 7.89. The summed E-state index contributed by atoms with van der Waals surface area (Å²) in [6, 6.07) is 4.08. The molecule has 0 atom stereocenters. The van der Waals surface area contributed by atoms with Crippen LogP contribution in [0.25, 0.3) is 0 Å². The zero-order valence-corrected chi connectivity index (χ0v) is 16.1. The summed E-state index contributed by atoms with van der Waals surface area (Å²) in [5.41, 5.74) is 0. The lowest BCUT2D eigenvalue weighted by atomic mass is 10.3. The highest BCUT2D eigenvalue weighted by atomic mass is 35.5. The lowest BCUT2D eigenvalue weighted by molar-refractivity contribution is -0.142. The fourth-order valence-electron chi connectivity index (χ4n) is 2.38. The molecule has 146 valence electrons. The smallest absolute Gasteiger partial charge is 0.343 e. The number of hydrogen-bond donors (Lipinski definition) is 1. The molecule has 1 saturated heterocycles. The minimum atomic E-state index is -3.66. The van der Waals surface area contributed by atoms with Crippen LogP contribution in [0.3, 0.4) is 0 Å². The Labute approximate surface area is 158 Å². The molecule has 0 radical (unpaired) electrons. The molecule has 2 rings (SSSR count). The highest BCUT2D eigenvalue weighted by Crippen LogP contribution is 2.27.